The number of aliphatic hydroxyl groups excluding tert-OH is 1. The first-order valence-corrected chi connectivity index (χ1v) is 11.3. The zero-order valence-electron chi connectivity index (χ0n) is 17.7. The third-order valence-corrected chi connectivity index (χ3v) is 7.40. The van der Waals surface area contributed by atoms with Gasteiger partial charge in [0.2, 0.25) is 0 Å². The Kier molecular flexibility index (Phi) is 5.19. The molecule has 2 atom stereocenters. The van der Waals surface area contributed by atoms with Crippen molar-refractivity contribution in [3.8, 4) is 6.07 Å². The molecule has 2 aromatic rings. The summed E-state index contributed by atoms with van der Waals surface area (Å²) in [7, 11) is 0. The molecule has 0 unspecified atom stereocenters. The van der Waals surface area contributed by atoms with Crippen LogP contribution in [0, 0.1) is 11.3 Å². The molecule has 6 heteroatoms. The van der Waals surface area contributed by atoms with E-state index in [2.05, 4.69) is 17.0 Å². The maximum atomic E-state index is 14.3. The Morgan fingerprint density at radius 3 is 2.58 bits per heavy atom. The van der Waals surface area contributed by atoms with Crippen LogP contribution in [0.4, 0.5) is 4.39 Å². The summed E-state index contributed by atoms with van der Waals surface area (Å²) in [6.45, 7) is 2.25. The maximum Gasteiger partial charge on any atom is 0.254 e. The summed E-state index contributed by atoms with van der Waals surface area (Å²) in [6, 6.07) is 11.9. The van der Waals surface area contributed by atoms with E-state index in [0.717, 1.165) is 53.1 Å². The molecule has 31 heavy (non-hydrogen) atoms. The van der Waals surface area contributed by atoms with Crippen LogP contribution in [0.3, 0.4) is 0 Å². The first kappa shape index (κ1) is 20.4. The quantitative estimate of drug-likeness (QED) is 0.816. The topological polar surface area (TPSA) is 67.6 Å². The summed E-state index contributed by atoms with van der Waals surface area (Å²) in [5, 5.41) is 21.8. The van der Waals surface area contributed by atoms with Crippen LogP contribution in [-0.4, -0.2) is 51.7 Å². The summed E-state index contributed by atoms with van der Waals surface area (Å²) in [5.74, 6) is 0.0128. The number of hydrogen-bond donors (Lipinski definition) is 1. The fourth-order valence-corrected chi connectivity index (χ4v) is 5.54. The lowest BCUT2D eigenvalue weighted by atomic mass is 9.91. The van der Waals surface area contributed by atoms with Crippen LogP contribution < -0.4 is 0 Å². The van der Waals surface area contributed by atoms with Crippen molar-refractivity contribution < 1.29 is 14.3 Å². The lowest BCUT2D eigenvalue weighted by Gasteiger charge is -2.35. The molecule has 5 rings (SSSR count). The van der Waals surface area contributed by atoms with Gasteiger partial charge in [-0.3, -0.25) is 9.69 Å². The predicted octanol–water partition coefficient (Wildman–Crippen LogP) is 3.93. The van der Waals surface area contributed by atoms with Crippen LogP contribution in [0.5, 0.6) is 0 Å². The van der Waals surface area contributed by atoms with Gasteiger partial charge in [0, 0.05) is 44.6 Å². The van der Waals surface area contributed by atoms with E-state index in [9.17, 15) is 14.3 Å². The molecule has 1 N–H and O–H groups in total. The Labute approximate surface area is 182 Å². The number of alkyl halides is 1. The lowest BCUT2D eigenvalue weighted by Crippen LogP contribution is -2.45. The highest BCUT2D eigenvalue weighted by atomic mass is 19.1. The number of likely N-dealkylation sites (tertiary alicyclic amines) is 1. The summed E-state index contributed by atoms with van der Waals surface area (Å²) < 4.78 is 14.3. The van der Waals surface area contributed by atoms with Gasteiger partial charge in [-0.25, -0.2) is 4.39 Å². The third kappa shape index (κ3) is 3.60. The molecule has 0 aromatic heterocycles. The number of halogens is 1. The smallest absolute Gasteiger partial charge is 0.254 e. The van der Waals surface area contributed by atoms with Gasteiger partial charge in [0.1, 0.15) is 6.07 Å². The zero-order chi connectivity index (χ0) is 21.6. The van der Waals surface area contributed by atoms with Crippen molar-refractivity contribution in [2.45, 2.75) is 69.4 Å². The second-order valence-corrected chi connectivity index (χ2v) is 9.31. The predicted molar refractivity (Wildman–Crippen MR) is 116 cm³/mol. The second kappa shape index (κ2) is 7.89. The van der Waals surface area contributed by atoms with Crippen LogP contribution in [-0.2, 0) is 13.1 Å². The normalized spacial score (nSPS) is 26.1. The molecular weight excluding hydrogens is 393 g/mol. The molecular formula is C25H28FN3O2. The molecule has 0 spiro atoms. The van der Waals surface area contributed by atoms with Gasteiger partial charge in [0.15, 0.2) is 5.67 Å². The number of aliphatic hydroxyl groups is 1. The molecule has 162 valence electrons. The van der Waals surface area contributed by atoms with Gasteiger partial charge < -0.3 is 10.0 Å². The van der Waals surface area contributed by atoms with Crippen LogP contribution in [0.25, 0.3) is 10.8 Å². The zero-order valence-corrected chi connectivity index (χ0v) is 17.7. The van der Waals surface area contributed by atoms with Gasteiger partial charge in [0.05, 0.1) is 12.1 Å². The molecule has 1 saturated carbocycles. The summed E-state index contributed by atoms with van der Waals surface area (Å²) >= 11 is 0. The molecule has 1 aliphatic carbocycles. The minimum atomic E-state index is -1.71. The minimum absolute atomic E-state index is 0.0128. The average Bonchev–Trinajstić information content (AvgIpc) is 3.12. The first-order valence-electron chi connectivity index (χ1n) is 11.3. The Balaban J connectivity index is 1.46. The third-order valence-electron chi connectivity index (χ3n) is 7.40. The van der Waals surface area contributed by atoms with Gasteiger partial charge in [-0.15, -0.1) is 0 Å². The highest BCUT2D eigenvalue weighted by molar-refractivity contribution is 6.05. The van der Waals surface area contributed by atoms with Crippen LogP contribution >= 0.6 is 0 Å². The van der Waals surface area contributed by atoms with Crippen molar-refractivity contribution >= 4 is 16.7 Å². The highest BCUT2D eigenvalue weighted by Gasteiger charge is 2.39. The van der Waals surface area contributed by atoms with Crippen LogP contribution in [0.15, 0.2) is 30.3 Å². The van der Waals surface area contributed by atoms with E-state index in [1.54, 1.807) is 0 Å². The van der Waals surface area contributed by atoms with E-state index in [0.29, 0.717) is 26.2 Å². The summed E-state index contributed by atoms with van der Waals surface area (Å²) in [4.78, 5) is 17.4. The Morgan fingerprint density at radius 1 is 1.16 bits per heavy atom. The van der Waals surface area contributed by atoms with Crippen LogP contribution in [0.2, 0.25) is 0 Å². The SMILES string of the molecule is N#CC1(F)CCN(Cc2cc3c(c4ccccc24)CN([C@H]2CCCC[C@@H]2O)C3=O)CC1. The number of fused-ring (bicyclic) bond motifs is 3. The molecule has 5 nitrogen and oxygen atoms in total. The number of rotatable bonds is 3. The summed E-state index contributed by atoms with van der Waals surface area (Å²) in [6.07, 6.45) is 3.65. The number of carbonyl (C=O) groups excluding carboxylic acids is 1. The molecule has 0 radical (unpaired) electrons. The molecule has 1 saturated heterocycles. The number of hydrogen-bond acceptors (Lipinski definition) is 4. The molecule has 0 bridgehead atoms. The molecule has 2 aromatic carbocycles. The van der Waals surface area contributed by atoms with Crippen molar-refractivity contribution in [1.29, 1.82) is 5.26 Å². The molecule has 3 aliphatic rings. The number of amides is 1. The van der Waals surface area contributed by atoms with Gasteiger partial charge in [0.25, 0.3) is 5.91 Å². The standard InChI is InChI=1S/C25H28FN3O2/c26-25(16-27)9-11-28(12-10-25)14-17-13-20-21(19-6-2-1-5-18(17)19)15-29(24(20)31)22-7-3-4-8-23(22)30/h1-2,5-6,13,22-23,30H,3-4,7-12,14-15H2/t22-,23-/m0/s1. The number of nitriles is 1. The molecule has 2 aliphatic heterocycles. The average molecular weight is 422 g/mol. The lowest BCUT2D eigenvalue weighted by molar-refractivity contribution is 0.0192. The monoisotopic (exact) mass is 421 g/mol. The van der Waals surface area contributed by atoms with Crippen LogP contribution in [0.1, 0.15) is 60.0 Å². The fraction of sp³-hybridized carbons (Fsp3) is 0.520. The van der Waals surface area contributed by atoms with E-state index < -0.39 is 11.8 Å². The van der Waals surface area contributed by atoms with Crippen molar-refractivity contribution in [2.75, 3.05) is 13.1 Å². The van der Waals surface area contributed by atoms with Gasteiger partial charge in [-0.1, -0.05) is 37.1 Å². The van der Waals surface area contributed by atoms with Crippen molar-refractivity contribution in [1.82, 2.24) is 9.80 Å². The number of piperidine rings is 1. The number of carbonyl (C=O) groups is 1. The first-order chi connectivity index (χ1) is 15.0. The largest absolute Gasteiger partial charge is 0.391 e. The summed E-state index contributed by atoms with van der Waals surface area (Å²) in [5.41, 5.74) is 1.14. The Bertz CT molecular complexity index is 1050. The Morgan fingerprint density at radius 2 is 1.87 bits per heavy atom. The van der Waals surface area contributed by atoms with Crippen molar-refractivity contribution in [3.63, 3.8) is 0 Å². The van der Waals surface area contributed by atoms with Crippen molar-refractivity contribution in [3.05, 3.63) is 47.0 Å². The molecule has 2 heterocycles. The van der Waals surface area contributed by atoms with E-state index in [1.807, 2.05) is 29.2 Å². The molecule has 2 fully saturated rings. The van der Waals surface area contributed by atoms with Gasteiger partial charge in [-0.05, 0) is 40.8 Å². The highest BCUT2D eigenvalue weighted by Crippen LogP contribution is 2.37. The maximum absolute atomic E-state index is 14.3. The van der Waals surface area contributed by atoms with Gasteiger partial charge in [-0.2, -0.15) is 5.26 Å². The minimum Gasteiger partial charge on any atom is -0.391 e. The molecule has 1 amide bonds. The number of nitrogens with zero attached hydrogens (tertiary/aromatic N) is 3. The van der Waals surface area contributed by atoms with Gasteiger partial charge >= 0.3 is 0 Å². The number of benzene rings is 2. The van der Waals surface area contributed by atoms with E-state index >= 15 is 0 Å². The fourth-order valence-electron chi connectivity index (χ4n) is 5.54. The van der Waals surface area contributed by atoms with E-state index in [4.69, 9.17) is 5.26 Å². The van der Waals surface area contributed by atoms with E-state index in [1.165, 1.54) is 0 Å². The Hall–Kier alpha value is -2.49. The van der Waals surface area contributed by atoms with E-state index in [-0.39, 0.29) is 24.8 Å². The second-order valence-electron chi connectivity index (χ2n) is 9.31. The van der Waals surface area contributed by atoms with Crippen molar-refractivity contribution in [2.24, 2.45) is 0 Å².